The second kappa shape index (κ2) is 9.82. The number of aromatic hydroxyl groups is 1. The van der Waals surface area contributed by atoms with Gasteiger partial charge in [0.1, 0.15) is 6.61 Å². The number of rotatable bonds is 10. The number of ether oxygens (including phenoxy) is 1. The molecular formula is C21H28N2O3. The first kappa shape index (κ1) is 19.8. The fraction of sp³-hybridized carbons (Fsp3) is 0.381. The van der Waals surface area contributed by atoms with E-state index in [2.05, 4.69) is 37.4 Å². The van der Waals surface area contributed by atoms with Crippen LogP contribution in [0.15, 0.2) is 36.4 Å². The van der Waals surface area contributed by atoms with Crippen LogP contribution in [0.1, 0.15) is 28.7 Å². The zero-order valence-corrected chi connectivity index (χ0v) is 15.5. The third-order valence-corrected chi connectivity index (χ3v) is 4.04. The van der Waals surface area contributed by atoms with Gasteiger partial charge in [-0.2, -0.15) is 0 Å². The molecular weight excluding hydrogens is 328 g/mol. The Morgan fingerprint density at radius 3 is 2.46 bits per heavy atom. The average molecular weight is 356 g/mol. The monoisotopic (exact) mass is 356 g/mol. The molecule has 5 nitrogen and oxygen atoms in total. The third-order valence-electron chi connectivity index (χ3n) is 4.04. The first-order valence-corrected chi connectivity index (χ1v) is 8.95. The van der Waals surface area contributed by atoms with Crippen LogP contribution in [0, 0.1) is 13.8 Å². The number of carbonyl (C=O) groups excluding carboxylic acids is 1. The van der Waals surface area contributed by atoms with Crippen LogP contribution in [-0.4, -0.2) is 30.7 Å². The molecule has 2 rings (SSSR count). The number of benzene rings is 2. The van der Waals surface area contributed by atoms with Crippen molar-refractivity contribution in [3.05, 3.63) is 58.7 Å². The first-order chi connectivity index (χ1) is 12.4. The van der Waals surface area contributed by atoms with Crippen LogP contribution >= 0.6 is 0 Å². The summed E-state index contributed by atoms with van der Waals surface area (Å²) in [7, 11) is 0. The van der Waals surface area contributed by atoms with Crippen LogP contribution in [0.4, 0.5) is 0 Å². The Morgan fingerprint density at radius 2 is 1.81 bits per heavy atom. The summed E-state index contributed by atoms with van der Waals surface area (Å²) >= 11 is 0. The maximum atomic E-state index is 10.9. The minimum atomic E-state index is -0.428. The van der Waals surface area contributed by atoms with Gasteiger partial charge < -0.3 is 20.9 Å². The van der Waals surface area contributed by atoms with Gasteiger partial charge in [-0.3, -0.25) is 4.79 Å². The van der Waals surface area contributed by atoms with E-state index in [9.17, 15) is 9.90 Å². The van der Waals surface area contributed by atoms with Crippen molar-refractivity contribution in [2.45, 2.75) is 33.1 Å². The molecule has 5 heteroatoms. The number of carbonyl (C=O) groups is 1. The number of primary amides is 1. The van der Waals surface area contributed by atoms with Gasteiger partial charge in [0.25, 0.3) is 0 Å². The van der Waals surface area contributed by atoms with Gasteiger partial charge in [0, 0.05) is 6.54 Å². The van der Waals surface area contributed by atoms with Crippen molar-refractivity contribution in [2.24, 2.45) is 5.73 Å². The Morgan fingerprint density at radius 1 is 1.08 bits per heavy atom. The molecule has 0 radical (unpaired) electrons. The molecule has 0 aliphatic carbocycles. The van der Waals surface area contributed by atoms with Gasteiger partial charge in [-0.15, -0.1) is 0 Å². The van der Waals surface area contributed by atoms with E-state index in [1.807, 2.05) is 0 Å². The Hall–Kier alpha value is -2.53. The van der Waals surface area contributed by atoms with Crippen molar-refractivity contribution in [1.82, 2.24) is 5.32 Å². The van der Waals surface area contributed by atoms with Crippen molar-refractivity contribution in [1.29, 1.82) is 0 Å². The third kappa shape index (κ3) is 6.76. The lowest BCUT2D eigenvalue weighted by Gasteiger charge is -2.10. The molecule has 0 fully saturated rings. The van der Waals surface area contributed by atoms with Crippen LogP contribution in [0.25, 0.3) is 0 Å². The molecule has 0 heterocycles. The molecule has 0 saturated heterocycles. The lowest BCUT2D eigenvalue weighted by atomic mass is 10.0. The first-order valence-electron chi connectivity index (χ1n) is 8.95. The van der Waals surface area contributed by atoms with Gasteiger partial charge in [0.15, 0.2) is 11.5 Å². The van der Waals surface area contributed by atoms with E-state index in [1.165, 1.54) is 22.8 Å². The fourth-order valence-corrected chi connectivity index (χ4v) is 2.99. The smallest absolute Gasteiger partial charge is 0.221 e. The van der Waals surface area contributed by atoms with Gasteiger partial charge in [-0.25, -0.2) is 0 Å². The molecule has 0 aliphatic heterocycles. The molecule has 140 valence electrons. The minimum absolute atomic E-state index is 0.0265. The van der Waals surface area contributed by atoms with E-state index < -0.39 is 5.91 Å². The number of hydrogen-bond acceptors (Lipinski definition) is 4. The maximum Gasteiger partial charge on any atom is 0.221 e. The summed E-state index contributed by atoms with van der Waals surface area (Å²) in [5.41, 5.74) is 9.81. The van der Waals surface area contributed by atoms with Crippen molar-refractivity contribution in [2.75, 3.05) is 19.7 Å². The molecule has 26 heavy (non-hydrogen) atoms. The van der Waals surface area contributed by atoms with Crippen molar-refractivity contribution >= 4 is 5.91 Å². The topological polar surface area (TPSA) is 84.6 Å². The maximum absolute atomic E-state index is 10.9. The molecule has 0 aromatic heterocycles. The van der Waals surface area contributed by atoms with Crippen LogP contribution < -0.4 is 15.8 Å². The van der Waals surface area contributed by atoms with E-state index in [0.29, 0.717) is 24.5 Å². The summed E-state index contributed by atoms with van der Waals surface area (Å²) in [4.78, 5) is 10.9. The Bertz CT molecular complexity index is 724. The zero-order chi connectivity index (χ0) is 18.9. The molecule has 0 bridgehead atoms. The highest BCUT2D eigenvalue weighted by Crippen LogP contribution is 2.26. The van der Waals surface area contributed by atoms with Crippen LogP contribution in [0.2, 0.25) is 0 Å². The quantitative estimate of drug-likeness (QED) is 0.571. The van der Waals surface area contributed by atoms with Crippen molar-refractivity contribution in [3.8, 4) is 11.5 Å². The second-order valence-corrected chi connectivity index (χ2v) is 6.64. The van der Waals surface area contributed by atoms with Gasteiger partial charge in [-0.1, -0.05) is 35.4 Å². The Kier molecular flexibility index (Phi) is 7.48. The fourth-order valence-electron chi connectivity index (χ4n) is 2.99. The number of nitrogens with two attached hydrogens (primary N) is 1. The molecule has 0 aliphatic rings. The van der Waals surface area contributed by atoms with Crippen molar-refractivity contribution in [3.63, 3.8) is 0 Å². The summed E-state index contributed by atoms with van der Waals surface area (Å²) in [6.45, 7) is 6.34. The molecule has 0 spiro atoms. The number of phenolic OH excluding ortho intramolecular Hbond substituents is 1. The zero-order valence-electron chi connectivity index (χ0n) is 15.5. The Balaban J connectivity index is 1.64. The summed E-state index contributed by atoms with van der Waals surface area (Å²) < 4.78 is 5.56. The van der Waals surface area contributed by atoms with E-state index >= 15 is 0 Å². The lowest BCUT2D eigenvalue weighted by Crippen LogP contribution is -2.22. The van der Waals surface area contributed by atoms with Crippen molar-refractivity contribution < 1.29 is 14.6 Å². The molecule has 0 unspecified atom stereocenters. The van der Waals surface area contributed by atoms with Crippen LogP contribution in [0.3, 0.4) is 0 Å². The van der Waals surface area contributed by atoms with Gasteiger partial charge >= 0.3 is 0 Å². The summed E-state index contributed by atoms with van der Waals surface area (Å²) in [5, 5.41) is 13.3. The highest BCUT2D eigenvalue weighted by atomic mass is 16.5. The van der Waals surface area contributed by atoms with E-state index in [0.717, 1.165) is 19.4 Å². The normalized spacial score (nSPS) is 10.7. The minimum Gasteiger partial charge on any atom is -0.504 e. The van der Waals surface area contributed by atoms with Crippen LogP contribution in [0.5, 0.6) is 11.5 Å². The number of hydrogen-bond donors (Lipinski definition) is 3. The summed E-state index contributed by atoms with van der Waals surface area (Å²) in [6.07, 6.45) is 2.23. The SMILES string of the molecule is Cc1cc(C)cc(CCCNCCOc2ccc(CC(N)=O)cc2O)c1. The molecule has 2 aromatic rings. The standard InChI is InChI=1S/C21H28N2O3/c1-15-10-16(2)12-17(11-15)4-3-7-23-8-9-26-20-6-5-18(13-19(20)24)14-21(22)25/h5-6,10-13,23-24H,3-4,7-9,14H2,1-2H3,(H2,22,25). The molecule has 0 saturated carbocycles. The number of amides is 1. The number of aryl methyl sites for hydroxylation is 3. The molecule has 4 N–H and O–H groups in total. The molecule has 0 atom stereocenters. The van der Waals surface area contributed by atoms with Gasteiger partial charge in [0.05, 0.1) is 6.42 Å². The highest BCUT2D eigenvalue weighted by molar-refractivity contribution is 5.76. The summed E-state index contributed by atoms with van der Waals surface area (Å²) in [6, 6.07) is 11.6. The molecule has 2 aromatic carbocycles. The van der Waals surface area contributed by atoms with E-state index in [-0.39, 0.29) is 12.2 Å². The van der Waals surface area contributed by atoms with Crippen LogP contribution in [-0.2, 0) is 17.6 Å². The number of phenols is 1. The lowest BCUT2D eigenvalue weighted by molar-refractivity contribution is -0.117. The van der Waals surface area contributed by atoms with Gasteiger partial charge in [0.2, 0.25) is 5.91 Å². The van der Waals surface area contributed by atoms with E-state index in [4.69, 9.17) is 10.5 Å². The highest BCUT2D eigenvalue weighted by Gasteiger charge is 2.05. The largest absolute Gasteiger partial charge is 0.504 e. The Labute approximate surface area is 155 Å². The molecule has 1 amide bonds. The summed E-state index contributed by atoms with van der Waals surface area (Å²) in [5.74, 6) is 0.0110. The average Bonchev–Trinajstić information content (AvgIpc) is 2.54. The predicted octanol–water partition coefficient (Wildman–Crippen LogP) is 2.64. The second-order valence-electron chi connectivity index (χ2n) is 6.64. The van der Waals surface area contributed by atoms with Gasteiger partial charge in [-0.05, 0) is 56.5 Å². The number of nitrogens with one attached hydrogen (secondary N) is 1. The predicted molar refractivity (Wildman–Crippen MR) is 104 cm³/mol. The van der Waals surface area contributed by atoms with E-state index in [1.54, 1.807) is 12.1 Å².